The van der Waals surface area contributed by atoms with Gasteiger partial charge in [0.05, 0.1) is 12.3 Å². The highest BCUT2D eigenvalue weighted by molar-refractivity contribution is 6.32. The molecule has 6 heteroatoms. The lowest BCUT2D eigenvalue weighted by molar-refractivity contribution is 0.114. The smallest absolute Gasteiger partial charge is 0.151 e. The van der Waals surface area contributed by atoms with Gasteiger partial charge in [0.1, 0.15) is 11.3 Å². The fourth-order valence-corrected chi connectivity index (χ4v) is 2.62. The average molecular weight is 271 g/mol. The Labute approximate surface area is 112 Å². The maximum Gasteiger partial charge on any atom is 0.151 e. The van der Waals surface area contributed by atoms with Crippen LogP contribution in [-0.2, 0) is 0 Å². The number of hydrogen-bond donors (Lipinski definition) is 1. The number of piperazine rings is 1. The van der Waals surface area contributed by atoms with Gasteiger partial charge in [0.25, 0.3) is 0 Å². The summed E-state index contributed by atoms with van der Waals surface area (Å²) in [6.07, 6.45) is 2.86. The minimum Gasteiger partial charge on any atom is -0.392 e. The van der Waals surface area contributed by atoms with Gasteiger partial charge in [0.15, 0.2) is 5.82 Å². The molecule has 2 rings (SSSR count). The minimum absolute atomic E-state index is 0.286. The van der Waals surface area contributed by atoms with E-state index in [0.717, 1.165) is 32.0 Å². The molecule has 1 aliphatic rings. The van der Waals surface area contributed by atoms with Gasteiger partial charge in [-0.05, 0) is 13.8 Å². The number of nitrogens with zero attached hydrogens (tertiary/aromatic N) is 4. The second-order valence-electron chi connectivity index (χ2n) is 4.85. The maximum absolute atomic E-state index is 9.42. The van der Waals surface area contributed by atoms with E-state index >= 15 is 0 Å². The van der Waals surface area contributed by atoms with Gasteiger partial charge in [0.2, 0.25) is 0 Å². The Morgan fingerprint density at radius 3 is 2.94 bits per heavy atom. The molecule has 1 aliphatic heterocycles. The van der Waals surface area contributed by atoms with Crippen molar-refractivity contribution in [2.45, 2.75) is 26.0 Å². The molecule has 2 unspecified atom stereocenters. The Balaban J connectivity index is 2.04. The van der Waals surface area contributed by atoms with E-state index in [4.69, 9.17) is 11.6 Å². The van der Waals surface area contributed by atoms with E-state index in [0.29, 0.717) is 11.1 Å². The predicted octanol–water partition coefficient (Wildman–Crippen LogP) is 1.02. The van der Waals surface area contributed by atoms with Crippen molar-refractivity contribution in [1.82, 2.24) is 14.9 Å². The number of rotatable bonds is 3. The third-order valence-corrected chi connectivity index (χ3v) is 3.42. The topological polar surface area (TPSA) is 52.5 Å². The molecule has 0 saturated carbocycles. The van der Waals surface area contributed by atoms with Crippen molar-refractivity contribution in [3.63, 3.8) is 0 Å². The average Bonchev–Trinajstić information content (AvgIpc) is 2.30. The van der Waals surface area contributed by atoms with Gasteiger partial charge < -0.3 is 10.0 Å². The van der Waals surface area contributed by atoms with Crippen LogP contribution >= 0.6 is 11.6 Å². The summed E-state index contributed by atoms with van der Waals surface area (Å²) in [5.41, 5.74) is 0. The van der Waals surface area contributed by atoms with Crippen LogP contribution in [0.15, 0.2) is 12.5 Å². The zero-order valence-electron chi connectivity index (χ0n) is 10.8. The van der Waals surface area contributed by atoms with Crippen LogP contribution in [-0.4, -0.2) is 58.3 Å². The molecule has 2 atom stereocenters. The van der Waals surface area contributed by atoms with Gasteiger partial charge >= 0.3 is 0 Å². The molecule has 0 amide bonds. The van der Waals surface area contributed by atoms with Crippen molar-refractivity contribution in [3.8, 4) is 0 Å². The van der Waals surface area contributed by atoms with Crippen molar-refractivity contribution < 1.29 is 5.11 Å². The molecular formula is C12H19ClN4O. The number of aliphatic hydroxyl groups is 1. The van der Waals surface area contributed by atoms with Crippen molar-refractivity contribution in [1.29, 1.82) is 0 Å². The molecule has 0 spiro atoms. The predicted molar refractivity (Wildman–Crippen MR) is 72.0 cm³/mol. The summed E-state index contributed by atoms with van der Waals surface area (Å²) >= 11 is 6.12. The highest BCUT2D eigenvalue weighted by Crippen LogP contribution is 2.25. The molecule has 1 saturated heterocycles. The third kappa shape index (κ3) is 3.10. The van der Waals surface area contributed by atoms with Crippen LogP contribution in [0.1, 0.15) is 13.8 Å². The summed E-state index contributed by atoms with van der Waals surface area (Å²) in [6, 6.07) is 0.324. The standard InChI is InChI=1S/C12H19ClN4O/c1-9-6-16(7-10(2)18)3-4-17(9)12-11(13)5-14-8-15-12/h5,8-10,18H,3-4,6-7H2,1-2H3. The van der Waals surface area contributed by atoms with E-state index in [2.05, 4.69) is 26.7 Å². The third-order valence-electron chi connectivity index (χ3n) is 3.15. The Hall–Kier alpha value is -0.910. The van der Waals surface area contributed by atoms with E-state index in [1.807, 2.05) is 6.92 Å². The number of anilines is 1. The van der Waals surface area contributed by atoms with Gasteiger partial charge in [0, 0.05) is 32.2 Å². The quantitative estimate of drug-likeness (QED) is 0.889. The first-order valence-electron chi connectivity index (χ1n) is 6.20. The fourth-order valence-electron chi connectivity index (χ4n) is 2.40. The Morgan fingerprint density at radius 1 is 1.56 bits per heavy atom. The van der Waals surface area contributed by atoms with Crippen LogP contribution in [0.4, 0.5) is 5.82 Å². The van der Waals surface area contributed by atoms with Gasteiger partial charge in [-0.3, -0.25) is 4.90 Å². The van der Waals surface area contributed by atoms with Crippen molar-refractivity contribution in [2.24, 2.45) is 0 Å². The molecule has 0 radical (unpaired) electrons. The van der Waals surface area contributed by atoms with E-state index in [1.54, 1.807) is 6.20 Å². The number of aromatic nitrogens is 2. The molecule has 100 valence electrons. The van der Waals surface area contributed by atoms with Crippen LogP contribution in [0.3, 0.4) is 0 Å². The first kappa shape index (κ1) is 13.5. The molecule has 1 N–H and O–H groups in total. The normalized spacial score (nSPS) is 23.1. The lowest BCUT2D eigenvalue weighted by Crippen LogP contribution is -2.53. The molecule has 2 heterocycles. The Kier molecular flexibility index (Phi) is 4.37. The van der Waals surface area contributed by atoms with Crippen LogP contribution in [0.25, 0.3) is 0 Å². The highest BCUT2D eigenvalue weighted by Gasteiger charge is 2.26. The molecule has 1 fully saturated rings. The number of β-amino-alcohol motifs (C(OH)–C–C–N with tert-alkyl or cyclic N) is 1. The molecule has 0 bridgehead atoms. The van der Waals surface area contributed by atoms with Crippen LogP contribution in [0, 0.1) is 0 Å². The van der Waals surface area contributed by atoms with Gasteiger partial charge in [-0.15, -0.1) is 0 Å². The summed E-state index contributed by atoms with van der Waals surface area (Å²) in [4.78, 5) is 12.6. The molecule has 0 aliphatic carbocycles. The second-order valence-corrected chi connectivity index (χ2v) is 5.25. The maximum atomic E-state index is 9.42. The van der Waals surface area contributed by atoms with E-state index in [9.17, 15) is 5.11 Å². The molecule has 18 heavy (non-hydrogen) atoms. The summed E-state index contributed by atoms with van der Waals surface area (Å²) in [7, 11) is 0. The summed E-state index contributed by atoms with van der Waals surface area (Å²) < 4.78 is 0. The second kappa shape index (κ2) is 5.82. The Morgan fingerprint density at radius 2 is 2.33 bits per heavy atom. The summed E-state index contributed by atoms with van der Waals surface area (Å²) in [5.74, 6) is 0.802. The van der Waals surface area contributed by atoms with Gasteiger partial charge in [-0.1, -0.05) is 11.6 Å². The summed E-state index contributed by atoms with van der Waals surface area (Å²) in [5, 5.41) is 10.0. The highest BCUT2D eigenvalue weighted by atomic mass is 35.5. The monoisotopic (exact) mass is 270 g/mol. The Bertz CT molecular complexity index is 401. The first-order chi connectivity index (χ1) is 8.58. The van der Waals surface area contributed by atoms with Crippen molar-refractivity contribution >= 4 is 17.4 Å². The van der Waals surface area contributed by atoms with E-state index in [-0.39, 0.29) is 6.10 Å². The van der Waals surface area contributed by atoms with Crippen LogP contribution < -0.4 is 4.90 Å². The number of hydrogen-bond acceptors (Lipinski definition) is 5. The molecule has 0 aromatic carbocycles. The molecular weight excluding hydrogens is 252 g/mol. The van der Waals surface area contributed by atoms with E-state index in [1.165, 1.54) is 6.33 Å². The van der Waals surface area contributed by atoms with Gasteiger partial charge in [-0.2, -0.15) is 0 Å². The summed E-state index contributed by atoms with van der Waals surface area (Å²) in [6.45, 7) is 7.37. The van der Waals surface area contributed by atoms with Gasteiger partial charge in [-0.25, -0.2) is 9.97 Å². The van der Waals surface area contributed by atoms with Crippen LogP contribution in [0.2, 0.25) is 5.02 Å². The molecule has 5 nitrogen and oxygen atoms in total. The minimum atomic E-state index is -0.286. The van der Waals surface area contributed by atoms with Crippen molar-refractivity contribution in [2.75, 3.05) is 31.1 Å². The van der Waals surface area contributed by atoms with E-state index < -0.39 is 0 Å². The van der Waals surface area contributed by atoms with Crippen LogP contribution in [0.5, 0.6) is 0 Å². The van der Waals surface area contributed by atoms with Crippen molar-refractivity contribution in [3.05, 3.63) is 17.5 Å². The SMILES string of the molecule is CC(O)CN1CCN(c2ncncc2Cl)C(C)C1. The number of aliphatic hydroxyl groups excluding tert-OH is 1. The zero-order chi connectivity index (χ0) is 13.1. The zero-order valence-corrected chi connectivity index (χ0v) is 11.5. The lowest BCUT2D eigenvalue weighted by Gasteiger charge is -2.41. The molecule has 1 aromatic rings. The first-order valence-corrected chi connectivity index (χ1v) is 6.58. The molecule has 1 aromatic heterocycles. The lowest BCUT2D eigenvalue weighted by atomic mass is 10.2. The number of halogens is 1. The largest absolute Gasteiger partial charge is 0.392 e. The fraction of sp³-hybridized carbons (Fsp3) is 0.667.